The quantitative estimate of drug-likeness (QED) is 0.287. The Morgan fingerprint density at radius 2 is 1.36 bits per heavy atom. The topological polar surface area (TPSA) is 83.8 Å². The van der Waals surface area contributed by atoms with Gasteiger partial charge in [0.25, 0.3) is 0 Å². The number of ether oxygens (including phenoxy) is 1. The number of aliphatic hydroxyl groups is 1. The molecule has 5 heteroatoms. The molecule has 2 atom stereocenters. The number of carboxylic acids is 1. The minimum Gasteiger partial charge on any atom is -0.481 e. The Kier molecular flexibility index (Phi) is 15.7. The molecule has 25 heavy (non-hydrogen) atoms. The first-order chi connectivity index (χ1) is 12.0. The Balaban J connectivity index is 3.89. The predicted octanol–water partition coefficient (Wildman–Crippen LogP) is 4.84. The van der Waals surface area contributed by atoms with Crippen molar-refractivity contribution in [2.45, 2.75) is 116 Å². The van der Waals surface area contributed by atoms with Gasteiger partial charge >= 0.3 is 11.9 Å². The highest BCUT2D eigenvalue weighted by Gasteiger charge is 2.21. The van der Waals surface area contributed by atoms with Crippen LogP contribution in [0.2, 0.25) is 0 Å². The molecular weight excluding hydrogens is 320 g/mol. The lowest BCUT2D eigenvalue weighted by atomic mass is 9.99. The Morgan fingerprint density at radius 3 is 1.92 bits per heavy atom. The molecule has 0 heterocycles. The zero-order valence-electron chi connectivity index (χ0n) is 16.2. The van der Waals surface area contributed by atoms with Gasteiger partial charge in [0.15, 0.2) is 0 Å². The Hall–Kier alpha value is -1.10. The van der Waals surface area contributed by atoms with Crippen molar-refractivity contribution in [2.75, 3.05) is 0 Å². The molecule has 0 saturated carbocycles. The van der Waals surface area contributed by atoms with Crippen LogP contribution in [0, 0.1) is 0 Å². The second-order valence-corrected chi connectivity index (χ2v) is 6.97. The molecule has 0 saturated heterocycles. The van der Waals surface area contributed by atoms with Gasteiger partial charge in [-0.05, 0) is 25.7 Å². The van der Waals surface area contributed by atoms with E-state index in [0.29, 0.717) is 19.3 Å². The van der Waals surface area contributed by atoms with Crippen LogP contribution in [0.4, 0.5) is 0 Å². The van der Waals surface area contributed by atoms with E-state index < -0.39 is 18.2 Å². The van der Waals surface area contributed by atoms with Crippen LogP contribution in [0.1, 0.15) is 104 Å². The molecule has 0 spiro atoms. The van der Waals surface area contributed by atoms with Crippen molar-refractivity contribution in [3.05, 3.63) is 0 Å². The number of aliphatic carboxylic acids is 1. The summed E-state index contributed by atoms with van der Waals surface area (Å²) in [6.45, 7) is 3.58. The Bertz CT molecular complexity index is 343. The van der Waals surface area contributed by atoms with Crippen molar-refractivity contribution >= 4 is 11.9 Å². The minimum absolute atomic E-state index is 0.229. The van der Waals surface area contributed by atoms with Crippen LogP contribution in [0.5, 0.6) is 0 Å². The molecule has 0 unspecified atom stereocenters. The number of carbonyl (C=O) groups is 2. The van der Waals surface area contributed by atoms with Crippen LogP contribution in [-0.2, 0) is 14.3 Å². The summed E-state index contributed by atoms with van der Waals surface area (Å²) < 4.78 is 5.30. The maximum absolute atomic E-state index is 11.3. The lowest BCUT2D eigenvalue weighted by Crippen LogP contribution is -2.30. The number of hydrogen-bond donors (Lipinski definition) is 2. The van der Waals surface area contributed by atoms with Gasteiger partial charge < -0.3 is 14.9 Å². The summed E-state index contributed by atoms with van der Waals surface area (Å²) in [6.07, 6.45) is 12.1. The van der Waals surface area contributed by atoms with Crippen LogP contribution in [0.15, 0.2) is 0 Å². The van der Waals surface area contributed by atoms with Crippen molar-refractivity contribution in [3.63, 3.8) is 0 Å². The first kappa shape index (κ1) is 23.9. The maximum Gasteiger partial charge on any atom is 0.303 e. The summed E-state index contributed by atoms with van der Waals surface area (Å²) in [5.74, 6) is -1.08. The van der Waals surface area contributed by atoms with E-state index >= 15 is 0 Å². The average Bonchev–Trinajstić information content (AvgIpc) is 2.55. The highest BCUT2D eigenvalue weighted by Crippen LogP contribution is 2.17. The molecule has 5 nitrogen and oxygen atoms in total. The van der Waals surface area contributed by atoms with E-state index in [4.69, 9.17) is 9.84 Å². The largest absolute Gasteiger partial charge is 0.481 e. The molecule has 0 aromatic heterocycles. The molecule has 148 valence electrons. The van der Waals surface area contributed by atoms with Gasteiger partial charge in [-0.15, -0.1) is 0 Å². The zero-order valence-corrected chi connectivity index (χ0v) is 16.2. The van der Waals surface area contributed by atoms with E-state index in [-0.39, 0.29) is 12.4 Å². The number of unbranched alkanes of at least 4 members (excludes halogenated alkanes) is 9. The van der Waals surface area contributed by atoms with Gasteiger partial charge in [0.1, 0.15) is 6.10 Å². The highest BCUT2D eigenvalue weighted by atomic mass is 16.6. The second kappa shape index (κ2) is 16.4. The van der Waals surface area contributed by atoms with E-state index in [1.54, 1.807) is 0 Å². The second-order valence-electron chi connectivity index (χ2n) is 6.97. The summed E-state index contributed by atoms with van der Waals surface area (Å²) in [5.41, 5.74) is 0. The SMILES string of the molecule is CCCCCCCC[C@H](O)[C@@H](CCCCCCCC(=O)O)OC(C)=O. The number of esters is 1. The number of rotatable bonds is 17. The van der Waals surface area contributed by atoms with Gasteiger partial charge in [0, 0.05) is 13.3 Å². The van der Waals surface area contributed by atoms with Crippen molar-refractivity contribution in [1.82, 2.24) is 0 Å². The third kappa shape index (κ3) is 16.1. The van der Waals surface area contributed by atoms with E-state index in [9.17, 15) is 14.7 Å². The van der Waals surface area contributed by atoms with Crippen LogP contribution >= 0.6 is 0 Å². The molecule has 0 aliphatic rings. The lowest BCUT2D eigenvalue weighted by Gasteiger charge is -2.22. The van der Waals surface area contributed by atoms with E-state index in [2.05, 4.69) is 6.92 Å². The van der Waals surface area contributed by atoms with Gasteiger partial charge in [-0.1, -0.05) is 64.7 Å². The fourth-order valence-corrected chi connectivity index (χ4v) is 3.01. The van der Waals surface area contributed by atoms with Gasteiger partial charge in [-0.25, -0.2) is 0 Å². The van der Waals surface area contributed by atoms with Gasteiger partial charge in [0.05, 0.1) is 6.10 Å². The first-order valence-corrected chi connectivity index (χ1v) is 10.0. The molecule has 0 amide bonds. The molecule has 0 fully saturated rings. The smallest absolute Gasteiger partial charge is 0.303 e. The molecule has 0 bridgehead atoms. The summed E-state index contributed by atoms with van der Waals surface area (Å²) >= 11 is 0. The van der Waals surface area contributed by atoms with Gasteiger partial charge in [-0.2, -0.15) is 0 Å². The van der Waals surface area contributed by atoms with E-state index in [0.717, 1.165) is 38.5 Å². The molecule has 0 aliphatic heterocycles. The van der Waals surface area contributed by atoms with Crippen molar-refractivity contribution in [3.8, 4) is 0 Å². The third-order valence-electron chi connectivity index (χ3n) is 4.48. The molecular formula is C20H38O5. The number of aliphatic hydroxyl groups excluding tert-OH is 1. The van der Waals surface area contributed by atoms with Crippen LogP contribution in [0.3, 0.4) is 0 Å². The Labute approximate surface area is 153 Å². The van der Waals surface area contributed by atoms with Gasteiger partial charge in [-0.3, -0.25) is 9.59 Å². The van der Waals surface area contributed by atoms with Crippen molar-refractivity contribution in [2.24, 2.45) is 0 Å². The van der Waals surface area contributed by atoms with Crippen LogP contribution in [0.25, 0.3) is 0 Å². The van der Waals surface area contributed by atoms with E-state index in [1.807, 2.05) is 0 Å². The molecule has 0 aromatic rings. The molecule has 0 aromatic carbocycles. The monoisotopic (exact) mass is 358 g/mol. The third-order valence-corrected chi connectivity index (χ3v) is 4.48. The normalized spacial score (nSPS) is 13.4. The number of carbonyl (C=O) groups excluding carboxylic acids is 1. The highest BCUT2D eigenvalue weighted by molar-refractivity contribution is 5.66. The summed E-state index contributed by atoms with van der Waals surface area (Å²) in [5, 5.41) is 18.9. The fraction of sp³-hybridized carbons (Fsp3) is 0.900. The predicted molar refractivity (Wildman–Crippen MR) is 99.5 cm³/mol. The molecule has 0 rings (SSSR count). The van der Waals surface area contributed by atoms with Crippen molar-refractivity contribution < 1.29 is 24.5 Å². The summed E-state index contributed by atoms with van der Waals surface area (Å²) in [7, 11) is 0. The maximum atomic E-state index is 11.3. The summed E-state index contributed by atoms with van der Waals surface area (Å²) in [6, 6.07) is 0. The molecule has 0 radical (unpaired) electrons. The lowest BCUT2D eigenvalue weighted by molar-refractivity contribution is -0.153. The standard InChI is InChI=1S/C20H38O5/c1-3-4-5-6-8-11-14-18(22)19(25-17(2)21)15-12-9-7-10-13-16-20(23)24/h18-19,22H,3-16H2,1-2H3,(H,23,24)/t18-,19+/m0/s1. The first-order valence-electron chi connectivity index (χ1n) is 10.0. The zero-order chi connectivity index (χ0) is 18.9. The number of carboxylic acid groups (broad SMARTS) is 1. The Morgan fingerprint density at radius 1 is 0.840 bits per heavy atom. The molecule has 2 N–H and O–H groups in total. The van der Waals surface area contributed by atoms with E-state index in [1.165, 1.54) is 32.6 Å². The van der Waals surface area contributed by atoms with Crippen molar-refractivity contribution in [1.29, 1.82) is 0 Å². The molecule has 0 aliphatic carbocycles. The average molecular weight is 359 g/mol. The minimum atomic E-state index is -0.743. The van der Waals surface area contributed by atoms with Gasteiger partial charge in [0.2, 0.25) is 0 Å². The summed E-state index contributed by atoms with van der Waals surface area (Å²) in [4.78, 5) is 21.7. The fourth-order valence-electron chi connectivity index (χ4n) is 3.01. The van der Waals surface area contributed by atoms with Crippen LogP contribution in [-0.4, -0.2) is 34.4 Å². The van der Waals surface area contributed by atoms with Crippen LogP contribution < -0.4 is 0 Å². The number of hydrogen-bond acceptors (Lipinski definition) is 4.